The van der Waals surface area contributed by atoms with Crippen LogP contribution in [0.5, 0.6) is 11.5 Å². The maximum Gasteiger partial charge on any atom is 0.213 e. The summed E-state index contributed by atoms with van der Waals surface area (Å²) in [6.45, 7) is 4.18. The summed E-state index contributed by atoms with van der Waals surface area (Å²) in [5.74, 6) is 1.86. The predicted molar refractivity (Wildman–Crippen MR) is 73.6 cm³/mol. The molecule has 1 aromatic carbocycles. The zero-order valence-corrected chi connectivity index (χ0v) is 11.8. The standard InChI is InChI=1S/C14H19N3O3/c1-3-6-15-8-11-4-5-12(18-2)13(7-11)19-9-14-16-10-20-17-14/h4-5,7,10,15H,3,6,8-9H2,1-2H3. The van der Waals surface area contributed by atoms with Gasteiger partial charge in [0.15, 0.2) is 18.1 Å². The summed E-state index contributed by atoms with van der Waals surface area (Å²) in [5.41, 5.74) is 1.14. The molecule has 1 N–H and O–H groups in total. The molecule has 0 saturated carbocycles. The molecule has 0 aliphatic carbocycles. The minimum Gasteiger partial charge on any atom is -0.493 e. The van der Waals surface area contributed by atoms with Gasteiger partial charge in [-0.1, -0.05) is 18.1 Å². The summed E-state index contributed by atoms with van der Waals surface area (Å²) in [5, 5.41) is 7.06. The van der Waals surface area contributed by atoms with Crippen LogP contribution in [0, 0.1) is 0 Å². The van der Waals surface area contributed by atoms with Gasteiger partial charge in [0.25, 0.3) is 0 Å². The Labute approximate surface area is 118 Å². The molecule has 1 heterocycles. The molecule has 0 fully saturated rings. The lowest BCUT2D eigenvalue weighted by molar-refractivity contribution is 0.269. The van der Waals surface area contributed by atoms with Gasteiger partial charge in [-0.2, -0.15) is 4.98 Å². The topological polar surface area (TPSA) is 69.4 Å². The normalized spacial score (nSPS) is 10.5. The van der Waals surface area contributed by atoms with Crippen LogP contribution in [-0.4, -0.2) is 23.8 Å². The molecule has 0 spiro atoms. The molecule has 20 heavy (non-hydrogen) atoms. The lowest BCUT2D eigenvalue weighted by Crippen LogP contribution is -2.13. The zero-order valence-electron chi connectivity index (χ0n) is 11.8. The van der Waals surface area contributed by atoms with E-state index in [2.05, 4.69) is 26.9 Å². The van der Waals surface area contributed by atoms with E-state index in [9.17, 15) is 0 Å². The molecule has 0 atom stereocenters. The quantitative estimate of drug-likeness (QED) is 0.746. The maximum absolute atomic E-state index is 5.68. The van der Waals surface area contributed by atoms with E-state index in [0.717, 1.165) is 25.1 Å². The van der Waals surface area contributed by atoms with Crippen LogP contribution < -0.4 is 14.8 Å². The summed E-state index contributed by atoms with van der Waals surface area (Å²) in [4.78, 5) is 3.91. The Bertz CT molecular complexity index is 514. The molecule has 0 aliphatic rings. The SMILES string of the molecule is CCCNCc1ccc(OC)c(OCc2ncon2)c1. The van der Waals surface area contributed by atoms with Gasteiger partial charge in [-0.15, -0.1) is 0 Å². The number of ether oxygens (including phenoxy) is 2. The average Bonchev–Trinajstić information content (AvgIpc) is 2.99. The maximum atomic E-state index is 5.68. The molecular formula is C14H19N3O3. The van der Waals surface area contributed by atoms with Crippen molar-refractivity contribution in [3.63, 3.8) is 0 Å². The number of nitrogens with one attached hydrogen (secondary N) is 1. The Kier molecular flexibility index (Phi) is 5.37. The van der Waals surface area contributed by atoms with Gasteiger partial charge in [0.05, 0.1) is 7.11 Å². The van der Waals surface area contributed by atoms with Crippen molar-refractivity contribution >= 4 is 0 Å². The number of benzene rings is 1. The lowest BCUT2D eigenvalue weighted by Gasteiger charge is -2.11. The van der Waals surface area contributed by atoms with Crippen LogP contribution in [0.25, 0.3) is 0 Å². The monoisotopic (exact) mass is 277 g/mol. The van der Waals surface area contributed by atoms with E-state index in [4.69, 9.17) is 9.47 Å². The van der Waals surface area contributed by atoms with E-state index in [1.165, 1.54) is 6.39 Å². The number of methoxy groups -OCH3 is 1. The second kappa shape index (κ2) is 7.49. The first-order valence-corrected chi connectivity index (χ1v) is 6.59. The van der Waals surface area contributed by atoms with Gasteiger partial charge >= 0.3 is 0 Å². The van der Waals surface area contributed by atoms with Crippen LogP contribution in [0.2, 0.25) is 0 Å². The Morgan fingerprint density at radius 1 is 1.30 bits per heavy atom. The van der Waals surface area contributed by atoms with E-state index in [1.54, 1.807) is 7.11 Å². The smallest absolute Gasteiger partial charge is 0.213 e. The highest BCUT2D eigenvalue weighted by Crippen LogP contribution is 2.28. The van der Waals surface area contributed by atoms with Gasteiger partial charge in [0.1, 0.15) is 0 Å². The highest BCUT2D eigenvalue weighted by molar-refractivity contribution is 5.42. The Hall–Kier alpha value is -2.08. The first-order valence-electron chi connectivity index (χ1n) is 6.59. The van der Waals surface area contributed by atoms with Gasteiger partial charge in [-0.3, -0.25) is 0 Å². The third kappa shape index (κ3) is 3.96. The number of nitrogens with zero attached hydrogens (tertiary/aromatic N) is 2. The van der Waals surface area contributed by atoms with Crippen molar-refractivity contribution in [2.24, 2.45) is 0 Å². The minimum atomic E-state index is 0.249. The largest absolute Gasteiger partial charge is 0.493 e. The number of rotatable bonds is 8. The van der Waals surface area contributed by atoms with Crippen molar-refractivity contribution in [3.05, 3.63) is 36.0 Å². The number of hydrogen-bond donors (Lipinski definition) is 1. The predicted octanol–water partition coefficient (Wildman–Crippen LogP) is 2.16. The molecule has 2 rings (SSSR count). The summed E-state index contributed by atoms with van der Waals surface area (Å²) >= 11 is 0. The lowest BCUT2D eigenvalue weighted by atomic mass is 10.2. The van der Waals surface area contributed by atoms with Gasteiger partial charge in [-0.05, 0) is 30.7 Å². The second-order valence-electron chi connectivity index (χ2n) is 4.30. The van der Waals surface area contributed by atoms with E-state index < -0.39 is 0 Å². The van der Waals surface area contributed by atoms with Crippen LogP contribution in [0.4, 0.5) is 0 Å². The molecule has 1 aromatic heterocycles. The highest BCUT2D eigenvalue weighted by Gasteiger charge is 2.08. The van der Waals surface area contributed by atoms with Crippen molar-refractivity contribution in [1.29, 1.82) is 0 Å². The van der Waals surface area contributed by atoms with Gasteiger partial charge in [-0.25, -0.2) is 0 Å². The Morgan fingerprint density at radius 3 is 2.90 bits per heavy atom. The molecule has 0 unspecified atom stereocenters. The summed E-state index contributed by atoms with van der Waals surface area (Å²) in [6, 6.07) is 5.87. The van der Waals surface area contributed by atoms with Crippen molar-refractivity contribution in [2.75, 3.05) is 13.7 Å². The molecule has 6 heteroatoms. The van der Waals surface area contributed by atoms with E-state index >= 15 is 0 Å². The zero-order chi connectivity index (χ0) is 14.2. The molecule has 0 radical (unpaired) electrons. The molecule has 6 nitrogen and oxygen atoms in total. The van der Waals surface area contributed by atoms with E-state index in [-0.39, 0.29) is 6.61 Å². The third-order valence-corrected chi connectivity index (χ3v) is 2.75. The van der Waals surface area contributed by atoms with Crippen LogP contribution in [0.3, 0.4) is 0 Å². The average molecular weight is 277 g/mol. The molecule has 2 aromatic rings. The van der Waals surface area contributed by atoms with Crippen molar-refractivity contribution < 1.29 is 14.0 Å². The molecule has 0 saturated heterocycles. The van der Waals surface area contributed by atoms with Gasteiger partial charge < -0.3 is 19.3 Å². The van der Waals surface area contributed by atoms with Crippen LogP contribution in [0.15, 0.2) is 29.1 Å². The van der Waals surface area contributed by atoms with Crippen LogP contribution >= 0.6 is 0 Å². The fourth-order valence-electron chi connectivity index (χ4n) is 1.75. The molecule has 0 aliphatic heterocycles. The first-order chi connectivity index (χ1) is 9.83. The molecular weight excluding hydrogens is 258 g/mol. The number of aromatic nitrogens is 2. The number of hydrogen-bond acceptors (Lipinski definition) is 6. The van der Waals surface area contributed by atoms with Crippen molar-refractivity contribution in [2.45, 2.75) is 26.5 Å². The van der Waals surface area contributed by atoms with Gasteiger partial charge in [0, 0.05) is 6.54 Å². The van der Waals surface area contributed by atoms with Crippen molar-refractivity contribution in [1.82, 2.24) is 15.5 Å². The van der Waals surface area contributed by atoms with Crippen molar-refractivity contribution in [3.8, 4) is 11.5 Å². The van der Waals surface area contributed by atoms with Crippen LogP contribution in [-0.2, 0) is 13.2 Å². The molecule has 108 valence electrons. The van der Waals surface area contributed by atoms with Crippen LogP contribution in [0.1, 0.15) is 24.7 Å². The fraction of sp³-hybridized carbons (Fsp3) is 0.429. The summed E-state index contributed by atoms with van der Waals surface area (Å²) < 4.78 is 15.6. The summed E-state index contributed by atoms with van der Waals surface area (Å²) in [6.07, 6.45) is 2.39. The molecule has 0 bridgehead atoms. The third-order valence-electron chi connectivity index (χ3n) is 2.75. The Morgan fingerprint density at radius 2 is 2.20 bits per heavy atom. The Balaban J connectivity index is 2.02. The van der Waals surface area contributed by atoms with Gasteiger partial charge in [0.2, 0.25) is 12.2 Å². The minimum absolute atomic E-state index is 0.249. The second-order valence-corrected chi connectivity index (χ2v) is 4.30. The first kappa shape index (κ1) is 14.3. The van der Waals surface area contributed by atoms with E-state index in [1.807, 2.05) is 18.2 Å². The summed E-state index contributed by atoms with van der Waals surface area (Å²) in [7, 11) is 1.62. The fourth-order valence-corrected chi connectivity index (χ4v) is 1.75. The highest BCUT2D eigenvalue weighted by atomic mass is 16.5. The van der Waals surface area contributed by atoms with E-state index in [0.29, 0.717) is 17.3 Å². The molecule has 0 amide bonds.